The summed E-state index contributed by atoms with van der Waals surface area (Å²) in [6, 6.07) is 5.33. The number of ketones is 1. The Morgan fingerprint density at radius 2 is 1.74 bits per heavy atom. The summed E-state index contributed by atoms with van der Waals surface area (Å²) in [6.07, 6.45) is 5.44. The molecule has 2 rings (SSSR count). The van der Waals surface area contributed by atoms with Crippen LogP contribution < -0.4 is 5.73 Å². The lowest BCUT2D eigenvalue weighted by molar-refractivity contribution is -0.129. The molecule has 19 heavy (non-hydrogen) atoms. The highest BCUT2D eigenvalue weighted by atomic mass is 35.5. The summed E-state index contributed by atoms with van der Waals surface area (Å²) in [5, 5.41) is 1.12. The number of benzene rings is 1. The third-order valence-corrected chi connectivity index (χ3v) is 4.90. The standard InChI is InChI=1S/C15H19Cl2NO/c16-12-5-4-6-13(17)11(12)9-14(19)15(10-18)7-2-1-3-8-15/h4-6H,1-3,7-10,18H2. The van der Waals surface area contributed by atoms with Crippen LogP contribution in [0.2, 0.25) is 10.0 Å². The van der Waals surface area contributed by atoms with Crippen LogP contribution in [-0.2, 0) is 11.2 Å². The van der Waals surface area contributed by atoms with Gasteiger partial charge in [-0.3, -0.25) is 4.79 Å². The van der Waals surface area contributed by atoms with Crippen LogP contribution in [0.25, 0.3) is 0 Å². The molecule has 1 aromatic carbocycles. The Morgan fingerprint density at radius 3 is 2.26 bits per heavy atom. The normalized spacial score (nSPS) is 18.3. The molecule has 0 saturated heterocycles. The molecule has 1 aliphatic rings. The SMILES string of the molecule is NCC1(C(=O)Cc2c(Cl)cccc2Cl)CCCCC1. The minimum atomic E-state index is -0.360. The van der Waals surface area contributed by atoms with E-state index in [9.17, 15) is 4.79 Å². The second kappa shape index (κ2) is 6.25. The summed E-state index contributed by atoms with van der Waals surface area (Å²) in [5.74, 6) is 0.185. The van der Waals surface area contributed by atoms with Gasteiger partial charge in [0.25, 0.3) is 0 Å². The van der Waals surface area contributed by atoms with E-state index in [2.05, 4.69) is 0 Å². The Labute approximate surface area is 124 Å². The van der Waals surface area contributed by atoms with Crippen molar-refractivity contribution in [3.63, 3.8) is 0 Å². The van der Waals surface area contributed by atoms with Crippen LogP contribution in [0, 0.1) is 5.41 Å². The number of Topliss-reactive ketones (excluding diaryl/α,β-unsaturated/α-hetero) is 1. The molecule has 0 atom stereocenters. The van der Waals surface area contributed by atoms with E-state index >= 15 is 0 Å². The quantitative estimate of drug-likeness (QED) is 0.912. The third kappa shape index (κ3) is 3.13. The number of rotatable bonds is 4. The first-order valence-electron chi connectivity index (χ1n) is 6.75. The first-order valence-corrected chi connectivity index (χ1v) is 7.51. The van der Waals surface area contributed by atoms with Crippen molar-refractivity contribution in [2.24, 2.45) is 11.1 Å². The lowest BCUT2D eigenvalue weighted by atomic mass is 9.70. The summed E-state index contributed by atoms with van der Waals surface area (Å²) in [5.41, 5.74) is 6.25. The molecule has 0 unspecified atom stereocenters. The van der Waals surface area contributed by atoms with Gasteiger partial charge in [-0.05, 0) is 30.5 Å². The minimum absolute atomic E-state index is 0.185. The van der Waals surface area contributed by atoms with Crippen molar-refractivity contribution in [3.8, 4) is 0 Å². The summed E-state index contributed by atoms with van der Waals surface area (Å²) in [4.78, 5) is 12.6. The monoisotopic (exact) mass is 299 g/mol. The molecule has 2 N–H and O–H groups in total. The lowest BCUT2D eigenvalue weighted by Gasteiger charge is -2.34. The number of nitrogens with two attached hydrogens (primary N) is 1. The molecule has 1 fully saturated rings. The molecule has 4 heteroatoms. The maximum Gasteiger partial charge on any atom is 0.144 e. The van der Waals surface area contributed by atoms with Gasteiger partial charge in [0.15, 0.2) is 0 Å². The predicted octanol–water partition coefficient (Wildman–Crippen LogP) is 4.01. The van der Waals surface area contributed by atoms with E-state index in [-0.39, 0.29) is 17.6 Å². The fraction of sp³-hybridized carbons (Fsp3) is 0.533. The van der Waals surface area contributed by atoms with Crippen molar-refractivity contribution in [2.75, 3.05) is 6.54 Å². The van der Waals surface area contributed by atoms with Gasteiger partial charge in [0, 0.05) is 28.4 Å². The zero-order valence-electron chi connectivity index (χ0n) is 10.9. The van der Waals surface area contributed by atoms with Crippen LogP contribution in [0.3, 0.4) is 0 Å². The molecule has 0 heterocycles. The number of hydrogen-bond acceptors (Lipinski definition) is 2. The Balaban J connectivity index is 2.20. The molecule has 0 bridgehead atoms. The Kier molecular flexibility index (Phi) is 4.88. The summed E-state index contributed by atoms with van der Waals surface area (Å²) < 4.78 is 0. The number of carbonyl (C=O) groups is 1. The molecular formula is C15H19Cl2NO. The molecule has 0 radical (unpaired) electrons. The van der Waals surface area contributed by atoms with Crippen molar-refractivity contribution in [1.29, 1.82) is 0 Å². The van der Waals surface area contributed by atoms with Gasteiger partial charge in [-0.2, -0.15) is 0 Å². The molecule has 0 spiro atoms. The van der Waals surface area contributed by atoms with Gasteiger partial charge in [0.1, 0.15) is 5.78 Å². The predicted molar refractivity (Wildman–Crippen MR) is 79.7 cm³/mol. The van der Waals surface area contributed by atoms with E-state index < -0.39 is 0 Å². The first-order chi connectivity index (χ1) is 9.09. The maximum atomic E-state index is 12.6. The molecular weight excluding hydrogens is 281 g/mol. The second-order valence-corrected chi connectivity index (χ2v) is 6.16. The molecule has 0 amide bonds. The van der Waals surface area contributed by atoms with Crippen LogP contribution in [-0.4, -0.2) is 12.3 Å². The average Bonchev–Trinajstić information content (AvgIpc) is 2.43. The van der Waals surface area contributed by atoms with Gasteiger partial charge >= 0.3 is 0 Å². The van der Waals surface area contributed by atoms with E-state index in [4.69, 9.17) is 28.9 Å². The fourth-order valence-corrected chi connectivity index (χ4v) is 3.41. The van der Waals surface area contributed by atoms with Gasteiger partial charge < -0.3 is 5.73 Å². The Hall–Kier alpha value is -0.570. The molecule has 1 aromatic rings. The van der Waals surface area contributed by atoms with E-state index in [0.717, 1.165) is 31.2 Å². The molecule has 1 aliphatic carbocycles. The molecule has 0 aromatic heterocycles. The van der Waals surface area contributed by atoms with Gasteiger partial charge in [-0.25, -0.2) is 0 Å². The van der Waals surface area contributed by atoms with Crippen LogP contribution in [0.5, 0.6) is 0 Å². The molecule has 1 saturated carbocycles. The minimum Gasteiger partial charge on any atom is -0.329 e. The molecule has 104 valence electrons. The van der Waals surface area contributed by atoms with Crippen molar-refractivity contribution < 1.29 is 4.79 Å². The van der Waals surface area contributed by atoms with Gasteiger partial charge in [-0.1, -0.05) is 48.5 Å². The number of halogens is 2. The van der Waals surface area contributed by atoms with Crippen molar-refractivity contribution in [2.45, 2.75) is 38.5 Å². The van der Waals surface area contributed by atoms with Crippen molar-refractivity contribution in [3.05, 3.63) is 33.8 Å². The van der Waals surface area contributed by atoms with Gasteiger partial charge in [0.2, 0.25) is 0 Å². The van der Waals surface area contributed by atoms with E-state index in [0.29, 0.717) is 16.6 Å². The summed E-state index contributed by atoms with van der Waals surface area (Å²) in [6.45, 7) is 0.425. The molecule has 2 nitrogen and oxygen atoms in total. The van der Waals surface area contributed by atoms with Crippen LogP contribution in [0.15, 0.2) is 18.2 Å². The highest BCUT2D eigenvalue weighted by molar-refractivity contribution is 6.36. The second-order valence-electron chi connectivity index (χ2n) is 5.35. The average molecular weight is 300 g/mol. The molecule has 0 aliphatic heterocycles. The highest BCUT2D eigenvalue weighted by Crippen LogP contribution is 2.38. The van der Waals surface area contributed by atoms with Crippen LogP contribution in [0.4, 0.5) is 0 Å². The number of hydrogen-bond donors (Lipinski definition) is 1. The number of carbonyl (C=O) groups excluding carboxylic acids is 1. The smallest absolute Gasteiger partial charge is 0.144 e. The zero-order valence-corrected chi connectivity index (χ0v) is 12.4. The van der Waals surface area contributed by atoms with Gasteiger partial charge in [0.05, 0.1) is 0 Å². The van der Waals surface area contributed by atoms with E-state index in [1.165, 1.54) is 6.42 Å². The van der Waals surface area contributed by atoms with E-state index in [1.807, 2.05) is 0 Å². The Morgan fingerprint density at radius 1 is 1.16 bits per heavy atom. The zero-order chi connectivity index (χ0) is 13.9. The fourth-order valence-electron chi connectivity index (χ4n) is 2.87. The maximum absolute atomic E-state index is 12.6. The largest absolute Gasteiger partial charge is 0.329 e. The topological polar surface area (TPSA) is 43.1 Å². The summed E-state index contributed by atoms with van der Waals surface area (Å²) in [7, 11) is 0. The van der Waals surface area contributed by atoms with Gasteiger partial charge in [-0.15, -0.1) is 0 Å². The van der Waals surface area contributed by atoms with Crippen LogP contribution in [0.1, 0.15) is 37.7 Å². The van der Waals surface area contributed by atoms with Crippen molar-refractivity contribution in [1.82, 2.24) is 0 Å². The first kappa shape index (κ1) is 14.8. The Bertz CT molecular complexity index is 447. The van der Waals surface area contributed by atoms with Crippen LogP contribution >= 0.6 is 23.2 Å². The van der Waals surface area contributed by atoms with E-state index in [1.54, 1.807) is 18.2 Å². The lowest BCUT2D eigenvalue weighted by Crippen LogP contribution is -2.41. The highest BCUT2D eigenvalue weighted by Gasteiger charge is 2.37. The van der Waals surface area contributed by atoms with Crippen molar-refractivity contribution >= 4 is 29.0 Å². The third-order valence-electron chi connectivity index (χ3n) is 4.19. The summed E-state index contributed by atoms with van der Waals surface area (Å²) >= 11 is 12.3.